The molecule has 0 spiro atoms. The van der Waals surface area contributed by atoms with Crippen LogP contribution in [0, 0.1) is 10.1 Å². The van der Waals surface area contributed by atoms with Gasteiger partial charge >= 0.3 is 0 Å². The van der Waals surface area contributed by atoms with Crippen molar-refractivity contribution in [2.45, 2.75) is 23.5 Å². The van der Waals surface area contributed by atoms with Crippen molar-refractivity contribution >= 4 is 26.6 Å². The lowest BCUT2D eigenvalue weighted by Gasteiger charge is -2.35. The summed E-state index contributed by atoms with van der Waals surface area (Å²) in [6.45, 7) is 0.854. The average molecular weight is 517 g/mol. The van der Waals surface area contributed by atoms with Crippen LogP contribution in [-0.4, -0.2) is 47.7 Å². The highest BCUT2D eigenvalue weighted by atomic mass is 32.2. The molecule has 1 aromatic heterocycles. The van der Waals surface area contributed by atoms with Gasteiger partial charge < -0.3 is 4.74 Å². The van der Waals surface area contributed by atoms with Crippen LogP contribution >= 0.6 is 0 Å². The molecule has 1 fully saturated rings. The largest absolute Gasteiger partial charge is 0.494 e. The molecule has 0 amide bonds. The fourth-order valence-electron chi connectivity index (χ4n) is 5.63. The molecule has 2 atom stereocenters. The van der Waals surface area contributed by atoms with Gasteiger partial charge in [-0.2, -0.15) is 4.31 Å². The smallest absolute Gasteiger partial charge is 0.269 e. The summed E-state index contributed by atoms with van der Waals surface area (Å²) in [5, 5.41) is 12.0. The highest BCUT2D eigenvalue weighted by molar-refractivity contribution is 7.89. The zero-order chi connectivity index (χ0) is 25.7. The maximum atomic E-state index is 14.4. The fraction of sp³-hybridized carbons (Fsp3) is 0.222. The number of hydrogen-bond donors (Lipinski definition) is 0. The lowest BCUT2D eigenvalue weighted by atomic mass is 9.93. The fourth-order valence-corrected chi connectivity index (χ4v) is 7.40. The summed E-state index contributed by atoms with van der Waals surface area (Å²) in [6, 6.07) is 20.7. The van der Waals surface area contributed by atoms with Crippen molar-refractivity contribution < 1.29 is 18.1 Å². The van der Waals surface area contributed by atoms with Crippen molar-refractivity contribution in [1.29, 1.82) is 0 Å². The van der Waals surface area contributed by atoms with Crippen molar-refractivity contribution in [3.63, 3.8) is 0 Å². The number of non-ortho nitro benzene ring substituents is 1. The molecular formula is C27H24N4O5S. The Hall–Kier alpha value is -3.86. The van der Waals surface area contributed by atoms with Gasteiger partial charge in [0, 0.05) is 36.8 Å². The van der Waals surface area contributed by atoms with Gasteiger partial charge in [0.25, 0.3) is 5.69 Å². The summed E-state index contributed by atoms with van der Waals surface area (Å²) in [4.78, 5) is 17.7. The molecule has 0 bridgehead atoms. The Morgan fingerprint density at radius 3 is 2.70 bits per heavy atom. The molecule has 1 saturated heterocycles. The molecule has 0 aliphatic carbocycles. The zero-order valence-corrected chi connectivity index (χ0v) is 20.8. The number of nitro groups is 1. The van der Waals surface area contributed by atoms with Gasteiger partial charge in [-0.3, -0.25) is 20.0 Å². The maximum absolute atomic E-state index is 14.4. The second kappa shape index (κ2) is 8.91. The molecule has 4 aromatic rings. The van der Waals surface area contributed by atoms with Crippen LogP contribution < -0.4 is 4.74 Å². The van der Waals surface area contributed by atoms with Gasteiger partial charge in [0.1, 0.15) is 17.4 Å². The molecule has 9 nitrogen and oxygen atoms in total. The summed E-state index contributed by atoms with van der Waals surface area (Å²) < 4.78 is 35.7. The predicted molar refractivity (Wildman–Crippen MR) is 138 cm³/mol. The Morgan fingerprint density at radius 1 is 1.05 bits per heavy atom. The molecular weight excluding hydrogens is 492 g/mol. The Balaban J connectivity index is 1.54. The number of benzene rings is 3. The number of nitrogens with zero attached hydrogens (tertiary/aromatic N) is 4. The van der Waals surface area contributed by atoms with Gasteiger partial charge in [-0.1, -0.05) is 36.4 Å². The van der Waals surface area contributed by atoms with Crippen LogP contribution in [0.1, 0.15) is 28.9 Å². The summed E-state index contributed by atoms with van der Waals surface area (Å²) in [7, 11) is -2.54. The van der Waals surface area contributed by atoms with Crippen LogP contribution in [-0.2, 0) is 16.4 Å². The molecule has 10 heteroatoms. The number of methoxy groups -OCH3 is 1. The number of sulfonamides is 1. The number of rotatable bonds is 5. The Bertz CT molecular complexity index is 1640. The number of aromatic nitrogens is 1. The van der Waals surface area contributed by atoms with E-state index in [1.807, 2.05) is 18.2 Å². The molecule has 0 unspecified atom stereocenters. The van der Waals surface area contributed by atoms with Crippen LogP contribution in [0.4, 0.5) is 5.69 Å². The Kier molecular flexibility index (Phi) is 5.67. The minimum absolute atomic E-state index is 0.0743. The van der Waals surface area contributed by atoms with Gasteiger partial charge in [0.15, 0.2) is 0 Å². The van der Waals surface area contributed by atoms with Gasteiger partial charge in [0.05, 0.1) is 23.0 Å². The molecule has 37 heavy (non-hydrogen) atoms. The van der Waals surface area contributed by atoms with Crippen LogP contribution in [0.25, 0.3) is 10.9 Å². The monoisotopic (exact) mass is 516 g/mol. The summed E-state index contributed by atoms with van der Waals surface area (Å²) in [5.74, 6) is 0.484. The van der Waals surface area contributed by atoms with Crippen LogP contribution in [0.5, 0.6) is 5.75 Å². The number of fused-ring (bicyclic) bond motifs is 4. The first kappa shape index (κ1) is 23.5. The average Bonchev–Trinajstić information content (AvgIpc) is 3.33. The zero-order valence-electron chi connectivity index (χ0n) is 20.0. The maximum Gasteiger partial charge on any atom is 0.269 e. The van der Waals surface area contributed by atoms with Crippen molar-refractivity contribution in [3.8, 4) is 5.75 Å². The van der Waals surface area contributed by atoms with Crippen molar-refractivity contribution in [2.75, 3.05) is 20.2 Å². The van der Waals surface area contributed by atoms with E-state index < -0.39 is 21.1 Å². The standard InChI is InChI=1S/C27H24N4O5S/c1-36-24-11-12-25(22-10-5-14-28-26(22)24)37(34,35)30-17-23-21-9-3-2-6-18(21)13-15-29(23)27(30)19-7-4-8-20(16-19)31(32)33/h2-12,14,16,23,27H,13,15,17H2,1H3/t23-,27+/m1/s1. The first-order chi connectivity index (χ1) is 17.9. The minimum Gasteiger partial charge on any atom is -0.494 e. The van der Waals surface area contributed by atoms with Gasteiger partial charge in [-0.05, 0) is 47.4 Å². The topological polar surface area (TPSA) is 106 Å². The van der Waals surface area contributed by atoms with E-state index in [1.165, 1.54) is 29.1 Å². The number of ether oxygens (including phenoxy) is 1. The molecule has 0 radical (unpaired) electrons. The van der Waals surface area contributed by atoms with E-state index in [0.717, 1.165) is 12.0 Å². The summed E-state index contributed by atoms with van der Waals surface area (Å²) in [5.41, 5.74) is 3.23. The Morgan fingerprint density at radius 2 is 1.89 bits per heavy atom. The number of pyridine rings is 1. The lowest BCUT2D eigenvalue weighted by molar-refractivity contribution is -0.385. The van der Waals surface area contributed by atoms with Crippen LogP contribution in [0.3, 0.4) is 0 Å². The number of nitro benzene ring substituents is 1. The first-order valence-corrected chi connectivity index (χ1v) is 13.4. The molecule has 2 aliphatic heterocycles. The quantitative estimate of drug-likeness (QED) is 0.285. The van der Waals surface area contributed by atoms with E-state index in [4.69, 9.17) is 4.74 Å². The van der Waals surface area contributed by atoms with Crippen molar-refractivity contribution in [1.82, 2.24) is 14.2 Å². The predicted octanol–water partition coefficient (Wildman–Crippen LogP) is 4.45. The van der Waals surface area contributed by atoms with Gasteiger partial charge in [-0.15, -0.1) is 0 Å². The van der Waals surface area contributed by atoms with E-state index in [0.29, 0.717) is 28.8 Å². The third-order valence-electron chi connectivity index (χ3n) is 7.27. The third kappa shape index (κ3) is 3.76. The SMILES string of the molecule is COc1ccc(S(=O)(=O)N2C[C@@H]3c4ccccc4CCN3[C@@H]2c2cccc([N+](=O)[O-])c2)c2cccnc12. The molecule has 6 rings (SSSR count). The van der Waals surface area contributed by atoms with E-state index >= 15 is 0 Å². The Labute approximate surface area is 214 Å². The molecule has 0 N–H and O–H groups in total. The molecule has 3 heterocycles. The summed E-state index contributed by atoms with van der Waals surface area (Å²) >= 11 is 0. The van der Waals surface area contributed by atoms with E-state index in [2.05, 4.69) is 16.0 Å². The van der Waals surface area contributed by atoms with Crippen LogP contribution in [0.15, 0.2) is 83.9 Å². The van der Waals surface area contributed by atoms with Crippen LogP contribution in [0.2, 0.25) is 0 Å². The lowest BCUT2D eigenvalue weighted by Crippen LogP contribution is -2.37. The van der Waals surface area contributed by atoms with E-state index in [9.17, 15) is 18.5 Å². The molecule has 3 aromatic carbocycles. The van der Waals surface area contributed by atoms with Gasteiger partial charge in [0.2, 0.25) is 10.0 Å². The van der Waals surface area contributed by atoms with Gasteiger partial charge in [-0.25, -0.2) is 8.42 Å². The second-order valence-electron chi connectivity index (χ2n) is 9.17. The normalized spacial score (nSPS) is 19.9. The molecule has 2 aliphatic rings. The highest BCUT2D eigenvalue weighted by Gasteiger charge is 2.49. The third-order valence-corrected chi connectivity index (χ3v) is 9.15. The minimum atomic E-state index is -4.06. The second-order valence-corrected chi connectivity index (χ2v) is 11.0. The van der Waals surface area contributed by atoms with E-state index in [-0.39, 0.29) is 23.2 Å². The molecule has 0 saturated carbocycles. The van der Waals surface area contributed by atoms with E-state index in [1.54, 1.807) is 42.6 Å². The highest BCUT2D eigenvalue weighted by Crippen LogP contribution is 2.47. The number of hydrogen-bond acceptors (Lipinski definition) is 7. The summed E-state index contributed by atoms with van der Waals surface area (Å²) in [6.07, 6.45) is 1.67. The van der Waals surface area contributed by atoms with Crippen molar-refractivity contribution in [3.05, 3.63) is 106 Å². The molecule has 188 valence electrons. The van der Waals surface area contributed by atoms with Crippen molar-refractivity contribution in [2.24, 2.45) is 0 Å². The first-order valence-electron chi connectivity index (χ1n) is 11.9.